The van der Waals surface area contributed by atoms with Gasteiger partial charge in [-0.15, -0.1) is 0 Å². The molecule has 0 spiro atoms. The fourth-order valence-corrected chi connectivity index (χ4v) is 1.81. The lowest BCUT2D eigenvalue weighted by molar-refractivity contribution is -0.141. The van der Waals surface area contributed by atoms with Crippen LogP contribution in [-0.2, 0) is 17.3 Å². The highest BCUT2D eigenvalue weighted by Crippen LogP contribution is 2.27. The minimum absolute atomic E-state index is 0.0338. The van der Waals surface area contributed by atoms with Crippen LogP contribution in [0.5, 0.6) is 0 Å². The second-order valence-electron chi connectivity index (χ2n) is 3.27. The third-order valence-electron chi connectivity index (χ3n) is 1.88. The highest BCUT2D eigenvalue weighted by Gasteiger charge is 2.32. The molecule has 0 aliphatic carbocycles. The van der Waals surface area contributed by atoms with Crippen molar-refractivity contribution in [2.75, 3.05) is 13.7 Å². The van der Waals surface area contributed by atoms with Crippen LogP contribution >= 0.6 is 15.9 Å². The average molecular weight is 298 g/mol. The summed E-state index contributed by atoms with van der Waals surface area (Å²) in [6.45, 7) is 0.428. The zero-order valence-corrected chi connectivity index (χ0v) is 10.2. The van der Waals surface area contributed by atoms with Gasteiger partial charge in [-0.05, 0) is 12.1 Å². The number of rotatable bonds is 4. The summed E-state index contributed by atoms with van der Waals surface area (Å²) in [5, 5.41) is 0. The molecule has 0 aromatic carbocycles. The van der Waals surface area contributed by atoms with E-state index in [9.17, 15) is 13.2 Å². The molecule has 0 aliphatic heterocycles. The molecule has 0 saturated heterocycles. The van der Waals surface area contributed by atoms with Crippen molar-refractivity contribution in [3.8, 4) is 0 Å². The summed E-state index contributed by atoms with van der Waals surface area (Å²) in [5.74, 6) is 0. The third kappa shape index (κ3) is 4.09. The maximum Gasteiger partial charge on any atom is 0.433 e. The van der Waals surface area contributed by atoms with Gasteiger partial charge in [0.1, 0.15) is 5.69 Å². The summed E-state index contributed by atoms with van der Waals surface area (Å²) < 4.78 is 41.9. The Morgan fingerprint density at radius 3 is 2.69 bits per heavy atom. The van der Waals surface area contributed by atoms with Gasteiger partial charge in [-0.3, -0.25) is 0 Å². The Morgan fingerprint density at radius 1 is 1.44 bits per heavy atom. The first-order chi connectivity index (χ1) is 7.43. The van der Waals surface area contributed by atoms with Crippen LogP contribution < -0.4 is 0 Å². The van der Waals surface area contributed by atoms with Crippen molar-refractivity contribution >= 4 is 15.9 Å². The van der Waals surface area contributed by atoms with Gasteiger partial charge in [-0.25, -0.2) is 4.98 Å². The fourth-order valence-electron chi connectivity index (χ4n) is 1.22. The van der Waals surface area contributed by atoms with E-state index in [-0.39, 0.29) is 4.83 Å². The first-order valence-corrected chi connectivity index (χ1v) is 5.51. The third-order valence-corrected chi connectivity index (χ3v) is 2.46. The van der Waals surface area contributed by atoms with Crippen LogP contribution in [-0.4, -0.2) is 23.5 Å². The van der Waals surface area contributed by atoms with Crippen LogP contribution in [0.15, 0.2) is 18.2 Å². The van der Waals surface area contributed by atoms with E-state index >= 15 is 0 Å². The average Bonchev–Trinajstić information content (AvgIpc) is 2.17. The van der Waals surface area contributed by atoms with Crippen LogP contribution in [0, 0.1) is 0 Å². The largest absolute Gasteiger partial charge is 0.433 e. The lowest BCUT2D eigenvalue weighted by atomic mass is 10.2. The molecule has 1 aromatic rings. The minimum atomic E-state index is -4.39. The molecular formula is C10H11BrF3NO. The molecule has 1 heterocycles. The van der Waals surface area contributed by atoms with E-state index in [2.05, 4.69) is 20.9 Å². The zero-order chi connectivity index (χ0) is 12.2. The van der Waals surface area contributed by atoms with Crippen molar-refractivity contribution in [2.24, 2.45) is 0 Å². The van der Waals surface area contributed by atoms with Crippen LogP contribution in [0.3, 0.4) is 0 Å². The maximum absolute atomic E-state index is 12.4. The maximum atomic E-state index is 12.4. The summed E-state index contributed by atoms with van der Waals surface area (Å²) in [7, 11) is 1.54. The van der Waals surface area contributed by atoms with E-state index in [0.29, 0.717) is 18.7 Å². The number of alkyl halides is 4. The Bertz CT molecular complexity index is 343. The van der Waals surface area contributed by atoms with Gasteiger partial charge in [0.05, 0.1) is 6.61 Å². The molecule has 0 N–H and O–H groups in total. The molecule has 2 nitrogen and oxygen atoms in total. The highest BCUT2D eigenvalue weighted by atomic mass is 79.9. The van der Waals surface area contributed by atoms with Gasteiger partial charge in [0.2, 0.25) is 0 Å². The number of methoxy groups -OCH3 is 1. The molecule has 0 aliphatic rings. The van der Waals surface area contributed by atoms with Crippen molar-refractivity contribution < 1.29 is 17.9 Å². The number of aromatic nitrogens is 1. The van der Waals surface area contributed by atoms with E-state index in [0.717, 1.165) is 6.07 Å². The van der Waals surface area contributed by atoms with Crippen molar-refractivity contribution in [1.82, 2.24) is 4.98 Å². The molecular weight excluding hydrogens is 287 g/mol. The van der Waals surface area contributed by atoms with Crippen LogP contribution in [0.2, 0.25) is 0 Å². The Balaban J connectivity index is 2.75. The smallest absolute Gasteiger partial charge is 0.384 e. The lowest BCUT2D eigenvalue weighted by Gasteiger charge is -2.10. The van der Waals surface area contributed by atoms with Gasteiger partial charge >= 0.3 is 6.18 Å². The standard InChI is InChI=1S/C10H11BrF3NO/c1-16-6-7(11)5-8-3-2-4-9(15-8)10(12,13)14/h2-4,7H,5-6H2,1H3. The molecule has 0 fully saturated rings. The SMILES string of the molecule is COCC(Br)Cc1cccc(C(F)(F)F)n1. The molecule has 0 radical (unpaired) electrons. The number of ether oxygens (including phenoxy) is 1. The summed E-state index contributed by atoms with van der Waals surface area (Å²) >= 11 is 3.30. The molecule has 1 rings (SSSR count). The van der Waals surface area contributed by atoms with Gasteiger partial charge < -0.3 is 4.74 Å². The number of pyridine rings is 1. The highest BCUT2D eigenvalue weighted by molar-refractivity contribution is 9.09. The van der Waals surface area contributed by atoms with Crippen LogP contribution in [0.25, 0.3) is 0 Å². The van der Waals surface area contributed by atoms with Gasteiger partial charge in [0.25, 0.3) is 0 Å². The van der Waals surface area contributed by atoms with Crippen molar-refractivity contribution in [1.29, 1.82) is 0 Å². The molecule has 0 bridgehead atoms. The normalized spacial score (nSPS) is 13.8. The van der Waals surface area contributed by atoms with Crippen molar-refractivity contribution in [3.05, 3.63) is 29.6 Å². The van der Waals surface area contributed by atoms with E-state index in [1.807, 2.05) is 0 Å². The van der Waals surface area contributed by atoms with Crippen LogP contribution in [0.4, 0.5) is 13.2 Å². The Hall–Kier alpha value is -0.620. The molecule has 6 heteroatoms. The molecule has 16 heavy (non-hydrogen) atoms. The number of hydrogen-bond acceptors (Lipinski definition) is 2. The second-order valence-corrected chi connectivity index (χ2v) is 4.56. The summed E-state index contributed by atoms with van der Waals surface area (Å²) in [5.41, 5.74) is -0.462. The molecule has 1 atom stereocenters. The van der Waals surface area contributed by atoms with Gasteiger partial charge in [0, 0.05) is 24.1 Å². The Labute approximate surface area is 100.0 Å². The molecule has 1 aromatic heterocycles. The number of hydrogen-bond donors (Lipinski definition) is 0. The van der Waals surface area contributed by atoms with E-state index < -0.39 is 11.9 Å². The second kappa shape index (κ2) is 5.63. The summed E-state index contributed by atoms with van der Waals surface area (Å²) in [6, 6.07) is 3.89. The monoisotopic (exact) mass is 297 g/mol. The van der Waals surface area contributed by atoms with Gasteiger partial charge in [0.15, 0.2) is 0 Å². The van der Waals surface area contributed by atoms with Crippen LogP contribution in [0.1, 0.15) is 11.4 Å². The minimum Gasteiger partial charge on any atom is -0.384 e. The zero-order valence-electron chi connectivity index (χ0n) is 8.59. The molecule has 1 unspecified atom stereocenters. The number of nitrogens with zero attached hydrogens (tertiary/aromatic N) is 1. The van der Waals surface area contributed by atoms with E-state index in [1.54, 1.807) is 6.07 Å². The predicted octanol–water partition coefficient (Wildman–Crippen LogP) is 3.05. The predicted molar refractivity (Wildman–Crippen MR) is 57.5 cm³/mol. The van der Waals surface area contributed by atoms with Gasteiger partial charge in [-0.1, -0.05) is 22.0 Å². The summed E-state index contributed by atoms with van der Waals surface area (Å²) in [4.78, 5) is 3.52. The quantitative estimate of drug-likeness (QED) is 0.797. The van der Waals surface area contributed by atoms with E-state index in [1.165, 1.54) is 13.2 Å². The lowest BCUT2D eigenvalue weighted by Crippen LogP contribution is -2.14. The topological polar surface area (TPSA) is 22.1 Å². The number of halogens is 4. The van der Waals surface area contributed by atoms with Crippen molar-refractivity contribution in [3.63, 3.8) is 0 Å². The molecule has 90 valence electrons. The molecule has 0 amide bonds. The van der Waals surface area contributed by atoms with E-state index in [4.69, 9.17) is 4.74 Å². The van der Waals surface area contributed by atoms with Crippen molar-refractivity contribution in [2.45, 2.75) is 17.4 Å². The first-order valence-electron chi connectivity index (χ1n) is 4.59. The fraction of sp³-hybridized carbons (Fsp3) is 0.500. The summed E-state index contributed by atoms with van der Waals surface area (Å²) in [6.07, 6.45) is -3.99. The Kier molecular flexibility index (Phi) is 4.73. The van der Waals surface area contributed by atoms with Gasteiger partial charge in [-0.2, -0.15) is 13.2 Å². The Morgan fingerprint density at radius 2 is 2.12 bits per heavy atom. The first kappa shape index (κ1) is 13.4. The molecule has 0 saturated carbocycles.